The van der Waals surface area contributed by atoms with Crippen molar-refractivity contribution in [2.24, 2.45) is 5.92 Å². The fourth-order valence-electron chi connectivity index (χ4n) is 2.11. The van der Waals surface area contributed by atoms with Crippen LogP contribution in [0.4, 0.5) is 5.69 Å². The quantitative estimate of drug-likeness (QED) is 0.827. The standard InChI is InChI=1S/C19H24N2O3S/c1-13(2)15(4)20-19(22)16-6-5-7-17(12-16)21-25(23,24)18-10-8-14(3)9-11-18/h5-13,15,21H,1-4H3,(H,20,22)/t15-/m1/s1. The average Bonchev–Trinajstić information content (AvgIpc) is 2.54. The fourth-order valence-corrected chi connectivity index (χ4v) is 3.16. The van der Waals surface area contributed by atoms with E-state index in [4.69, 9.17) is 0 Å². The van der Waals surface area contributed by atoms with E-state index < -0.39 is 10.0 Å². The van der Waals surface area contributed by atoms with Crippen molar-refractivity contribution in [3.8, 4) is 0 Å². The molecular formula is C19H24N2O3S. The number of aryl methyl sites for hydroxylation is 1. The molecule has 2 N–H and O–H groups in total. The number of amides is 1. The molecule has 0 saturated carbocycles. The van der Waals surface area contributed by atoms with Crippen molar-refractivity contribution in [1.82, 2.24) is 5.32 Å². The minimum atomic E-state index is -3.69. The first-order valence-electron chi connectivity index (χ1n) is 8.19. The third kappa shape index (κ3) is 5.06. The van der Waals surface area contributed by atoms with Gasteiger partial charge in [-0.15, -0.1) is 0 Å². The van der Waals surface area contributed by atoms with E-state index >= 15 is 0 Å². The van der Waals surface area contributed by atoms with Gasteiger partial charge in [0, 0.05) is 17.3 Å². The highest BCUT2D eigenvalue weighted by Crippen LogP contribution is 2.18. The van der Waals surface area contributed by atoms with Gasteiger partial charge in [0.2, 0.25) is 0 Å². The number of anilines is 1. The van der Waals surface area contributed by atoms with Crippen LogP contribution in [0.5, 0.6) is 0 Å². The molecule has 0 aliphatic carbocycles. The van der Waals surface area contributed by atoms with Crippen molar-refractivity contribution in [3.63, 3.8) is 0 Å². The van der Waals surface area contributed by atoms with E-state index in [0.29, 0.717) is 17.2 Å². The van der Waals surface area contributed by atoms with Crippen LogP contribution < -0.4 is 10.0 Å². The first kappa shape index (κ1) is 19.0. The number of nitrogens with one attached hydrogen (secondary N) is 2. The summed E-state index contributed by atoms with van der Waals surface area (Å²) >= 11 is 0. The molecule has 0 saturated heterocycles. The van der Waals surface area contributed by atoms with Gasteiger partial charge in [0.25, 0.3) is 15.9 Å². The molecule has 0 radical (unpaired) electrons. The third-order valence-corrected chi connectivity index (χ3v) is 5.46. The zero-order chi connectivity index (χ0) is 18.6. The van der Waals surface area contributed by atoms with Gasteiger partial charge in [-0.3, -0.25) is 9.52 Å². The lowest BCUT2D eigenvalue weighted by atomic mass is 10.1. The molecule has 0 aromatic heterocycles. The molecule has 0 fully saturated rings. The van der Waals surface area contributed by atoms with E-state index in [2.05, 4.69) is 10.0 Å². The highest BCUT2D eigenvalue weighted by atomic mass is 32.2. The number of sulfonamides is 1. The number of hydrogen-bond donors (Lipinski definition) is 2. The Kier molecular flexibility index (Phi) is 5.85. The SMILES string of the molecule is Cc1ccc(S(=O)(=O)Nc2cccc(C(=O)N[C@H](C)C(C)C)c2)cc1. The molecule has 1 amide bonds. The van der Waals surface area contributed by atoms with Crippen LogP contribution in [0.1, 0.15) is 36.7 Å². The highest BCUT2D eigenvalue weighted by Gasteiger charge is 2.16. The number of carbonyl (C=O) groups excluding carboxylic acids is 1. The van der Waals surface area contributed by atoms with Crippen molar-refractivity contribution in [2.75, 3.05) is 4.72 Å². The minimum Gasteiger partial charge on any atom is -0.349 e. The van der Waals surface area contributed by atoms with Gasteiger partial charge in [0.05, 0.1) is 4.90 Å². The van der Waals surface area contributed by atoms with Gasteiger partial charge in [0.1, 0.15) is 0 Å². The molecule has 6 heteroatoms. The van der Waals surface area contributed by atoms with Gasteiger partial charge < -0.3 is 5.32 Å². The van der Waals surface area contributed by atoms with Gasteiger partial charge in [-0.25, -0.2) is 8.42 Å². The smallest absolute Gasteiger partial charge is 0.261 e. The van der Waals surface area contributed by atoms with E-state index in [1.807, 2.05) is 27.7 Å². The fraction of sp³-hybridized carbons (Fsp3) is 0.316. The topological polar surface area (TPSA) is 75.3 Å². The molecule has 0 aliphatic heterocycles. The summed E-state index contributed by atoms with van der Waals surface area (Å²) in [5.41, 5.74) is 1.75. The second-order valence-corrected chi connectivity index (χ2v) is 8.19. The van der Waals surface area contributed by atoms with Gasteiger partial charge in [-0.05, 0) is 50.1 Å². The first-order valence-corrected chi connectivity index (χ1v) is 9.68. The van der Waals surface area contributed by atoms with E-state index in [0.717, 1.165) is 5.56 Å². The number of hydrogen-bond acceptors (Lipinski definition) is 3. The first-order chi connectivity index (χ1) is 11.7. The Balaban J connectivity index is 2.18. The highest BCUT2D eigenvalue weighted by molar-refractivity contribution is 7.92. The van der Waals surface area contributed by atoms with Gasteiger partial charge in [-0.2, -0.15) is 0 Å². The van der Waals surface area contributed by atoms with Crippen molar-refractivity contribution in [1.29, 1.82) is 0 Å². The lowest BCUT2D eigenvalue weighted by Crippen LogP contribution is -2.36. The summed E-state index contributed by atoms with van der Waals surface area (Å²) in [5.74, 6) is 0.0877. The van der Waals surface area contributed by atoms with Crippen LogP contribution in [0.25, 0.3) is 0 Å². The van der Waals surface area contributed by atoms with Crippen LogP contribution in [0.15, 0.2) is 53.4 Å². The summed E-state index contributed by atoms with van der Waals surface area (Å²) in [4.78, 5) is 12.5. The number of rotatable bonds is 6. The normalized spacial score (nSPS) is 12.7. The maximum atomic E-state index is 12.4. The summed E-state index contributed by atoms with van der Waals surface area (Å²) in [7, 11) is -3.69. The zero-order valence-corrected chi connectivity index (χ0v) is 15.7. The Bertz CT molecular complexity index is 843. The van der Waals surface area contributed by atoms with Crippen LogP contribution in [0, 0.1) is 12.8 Å². The third-order valence-electron chi connectivity index (χ3n) is 4.07. The maximum absolute atomic E-state index is 12.4. The molecule has 0 unspecified atom stereocenters. The second kappa shape index (κ2) is 7.70. The molecule has 2 rings (SSSR count). The summed E-state index contributed by atoms with van der Waals surface area (Å²) in [6, 6.07) is 13.1. The van der Waals surface area contributed by atoms with E-state index in [1.165, 1.54) is 6.07 Å². The summed E-state index contributed by atoms with van der Waals surface area (Å²) < 4.78 is 27.4. The van der Waals surface area contributed by atoms with Crippen molar-refractivity contribution in [2.45, 2.75) is 38.6 Å². The Labute approximate surface area is 149 Å². The minimum absolute atomic E-state index is 0.0282. The van der Waals surface area contributed by atoms with Crippen molar-refractivity contribution < 1.29 is 13.2 Å². The van der Waals surface area contributed by atoms with Gasteiger partial charge >= 0.3 is 0 Å². The zero-order valence-electron chi connectivity index (χ0n) is 14.9. The van der Waals surface area contributed by atoms with E-state index in [-0.39, 0.29) is 16.8 Å². The van der Waals surface area contributed by atoms with E-state index in [9.17, 15) is 13.2 Å². The van der Waals surface area contributed by atoms with Crippen LogP contribution >= 0.6 is 0 Å². The molecule has 0 spiro atoms. The Morgan fingerprint density at radius 3 is 2.24 bits per heavy atom. The van der Waals surface area contributed by atoms with Crippen molar-refractivity contribution in [3.05, 3.63) is 59.7 Å². The Morgan fingerprint density at radius 1 is 1.00 bits per heavy atom. The van der Waals surface area contributed by atoms with Crippen molar-refractivity contribution >= 4 is 21.6 Å². The molecule has 1 atom stereocenters. The number of benzene rings is 2. The predicted molar refractivity (Wildman–Crippen MR) is 100 cm³/mol. The maximum Gasteiger partial charge on any atom is 0.261 e. The molecule has 25 heavy (non-hydrogen) atoms. The Morgan fingerprint density at radius 2 is 1.64 bits per heavy atom. The summed E-state index contributed by atoms with van der Waals surface area (Å²) in [6.07, 6.45) is 0. The van der Waals surface area contributed by atoms with Gasteiger partial charge in [0.15, 0.2) is 0 Å². The van der Waals surface area contributed by atoms with Crippen LogP contribution in [0.3, 0.4) is 0 Å². The molecule has 0 heterocycles. The molecular weight excluding hydrogens is 336 g/mol. The van der Waals surface area contributed by atoms with Gasteiger partial charge in [-0.1, -0.05) is 37.6 Å². The molecule has 0 bridgehead atoms. The van der Waals surface area contributed by atoms with Crippen LogP contribution in [0.2, 0.25) is 0 Å². The molecule has 5 nitrogen and oxygen atoms in total. The van der Waals surface area contributed by atoms with E-state index in [1.54, 1.807) is 42.5 Å². The lowest BCUT2D eigenvalue weighted by Gasteiger charge is -2.17. The second-order valence-electron chi connectivity index (χ2n) is 6.51. The van der Waals surface area contributed by atoms with Crippen LogP contribution in [-0.4, -0.2) is 20.4 Å². The Hall–Kier alpha value is -2.34. The molecule has 134 valence electrons. The van der Waals surface area contributed by atoms with Crippen LogP contribution in [-0.2, 0) is 10.0 Å². The predicted octanol–water partition coefficient (Wildman–Crippen LogP) is 3.57. The monoisotopic (exact) mass is 360 g/mol. The largest absolute Gasteiger partial charge is 0.349 e. The summed E-state index contributed by atoms with van der Waals surface area (Å²) in [5, 5.41) is 2.91. The lowest BCUT2D eigenvalue weighted by molar-refractivity contribution is 0.0930. The molecule has 0 aliphatic rings. The number of carbonyl (C=O) groups is 1. The average molecular weight is 360 g/mol. The molecule has 2 aromatic rings. The summed E-state index contributed by atoms with van der Waals surface area (Å²) in [6.45, 7) is 7.88. The molecule has 2 aromatic carbocycles.